The van der Waals surface area contributed by atoms with E-state index in [0.717, 1.165) is 19.3 Å². The van der Waals surface area contributed by atoms with Crippen LogP contribution in [0, 0.1) is 5.92 Å². The number of rotatable bonds is 7. The number of aliphatic carboxylic acids is 1. The van der Waals surface area contributed by atoms with Gasteiger partial charge < -0.3 is 20.1 Å². The van der Waals surface area contributed by atoms with Crippen molar-refractivity contribution in [2.75, 3.05) is 26.2 Å². The predicted molar refractivity (Wildman–Crippen MR) is 75.7 cm³/mol. The van der Waals surface area contributed by atoms with Crippen LogP contribution in [0.25, 0.3) is 0 Å². The van der Waals surface area contributed by atoms with Crippen molar-refractivity contribution in [3.63, 3.8) is 0 Å². The summed E-state index contributed by atoms with van der Waals surface area (Å²) in [6, 6.07) is -0.00497. The van der Waals surface area contributed by atoms with Crippen LogP contribution < -0.4 is 5.32 Å². The van der Waals surface area contributed by atoms with Gasteiger partial charge in [0.1, 0.15) is 0 Å². The van der Waals surface area contributed by atoms with E-state index in [1.165, 1.54) is 0 Å². The molecule has 0 saturated carbocycles. The summed E-state index contributed by atoms with van der Waals surface area (Å²) in [6.07, 6.45) is 2.65. The van der Waals surface area contributed by atoms with Gasteiger partial charge in [0.25, 0.3) is 0 Å². The SMILES string of the molecule is CC(C)CCNC(=O)N1CCC(OCCC(=O)O)CC1. The number of carboxylic acid groups (broad SMARTS) is 1. The second-order valence-electron chi connectivity index (χ2n) is 5.62. The third-order valence-corrected chi connectivity index (χ3v) is 3.40. The lowest BCUT2D eigenvalue weighted by Gasteiger charge is -2.32. The van der Waals surface area contributed by atoms with Crippen LogP contribution in [0.3, 0.4) is 0 Å². The Balaban J connectivity index is 2.14. The van der Waals surface area contributed by atoms with E-state index in [2.05, 4.69) is 19.2 Å². The molecular weight excluding hydrogens is 260 g/mol. The number of ether oxygens (including phenoxy) is 1. The molecule has 2 amide bonds. The van der Waals surface area contributed by atoms with E-state index in [0.29, 0.717) is 25.6 Å². The van der Waals surface area contributed by atoms with Crippen molar-refractivity contribution in [1.29, 1.82) is 0 Å². The quantitative estimate of drug-likeness (QED) is 0.746. The van der Waals surface area contributed by atoms with Gasteiger partial charge in [-0.2, -0.15) is 0 Å². The number of likely N-dealkylation sites (tertiary alicyclic amines) is 1. The first-order chi connectivity index (χ1) is 9.49. The highest BCUT2D eigenvalue weighted by Gasteiger charge is 2.23. The first-order valence-electron chi connectivity index (χ1n) is 7.35. The maximum absolute atomic E-state index is 11.9. The standard InChI is InChI=1S/C14H26N2O4/c1-11(2)3-7-15-14(19)16-8-4-12(5-9-16)20-10-6-13(17)18/h11-12H,3-10H2,1-2H3,(H,15,19)(H,17,18). The van der Waals surface area contributed by atoms with E-state index in [1.54, 1.807) is 4.90 Å². The number of nitrogens with zero attached hydrogens (tertiary/aromatic N) is 1. The van der Waals surface area contributed by atoms with Gasteiger partial charge in [-0.15, -0.1) is 0 Å². The van der Waals surface area contributed by atoms with E-state index >= 15 is 0 Å². The normalized spacial score (nSPS) is 16.4. The van der Waals surface area contributed by atoms with Gasteiger partial charge in [0.15, 0.2) is 0 Å². The Labute approximate surface area is 120 Å². The lowest BCUT2D eigenvalue weighted by Crippen LogP contribution is -2.46. The number of carbonyl (C=O) groups is 2. The van der Waals surface area contributed by atoms with E-state index in [1.807, 2.05) is 0 Å². The lowest BCUT2D eigenvalue weighted by atomic mass is 10.1. The Morgan fingerprint density at radius 3 is 2.55 bits per heavy atom. The van der Waals surface area contributed by atoms with Crippen LogP contribution in [0.4, 0.5) is 4.79 Å². The minimum absolute atomic E-state index is 0.00497. The summed E-state index contributed by atoms with van der Waals surface area (Å²) >= 11 is 0. The number of hydrogen-bond donors (Lipinski definition) is 2. The summed E-state index contributed by atoms with van der Waals surface area (Å²) in [4.78, 5) is 24.1. The van der Waals surface area contributed by atoms with Crippen molar-refractivity contribution in [2.45, 2.75) is 45.6 Å². The predicted octanol–water partition coefficient (Wildman–Crippen LogP) is 1.70. The van der Waals surface area contributed by atoms with Crippen molar-refractivity contribution < 1.29 is 19.4 Å². The highest BCUT2D eigenvalue weighted by atomic mass is 16.5. The molecule has 1 aliphatic rings. The first kappa shape index (κ1) is 16.8. The highest BCUT2D eigenvalue weighted by Crippen LogP contribution is 2.14. The van der Waals surface area contributed by atoms with Crippen LogP contribution in [0.15, 0.2) is 0 Å². The zero-order chi connectivity index (χ0) is 15.0. The molecule has 1 aliphatic heterocycles. The number of carbonyl (C=O) groups excluding carboxylic acids is 1. The van der Waals surface area contributed by atoms with E-state index in [-0.39, 0.29) is 25.2 Å². The topological polar surface area (TPSA) is 78.9 Å². The molecular formula is C14H26N2O4. The van der Waals surface area contributed by atoms with Gasteiger partial charge >= 0.3 is 12.0 Å². The van der Waals surface area contributed by atoms with Crippen LogP contribution in [-0.4, -0.2) is 54.4 Å². The third-order valence-electron chi connectivity index (χ3n) is 3.40. The zero-order valence-corrected chi connectivity index (χ0v) is 12.4. The monoisotopic (exact) mass is 286 g/mol. The van der Waals surface area contributed by atoms with E-state index < -0.39 is 5.97 Å². The Morgan fingerprint density at radius 2 is 2.00 bits per heavy atom. The molecule has 2 N–H and O–H groups in total. The number of carboxylic acids is 1. The molecule has 0 radical (unpaired) electrons. The lowest BCUT2D eigenvalue weighted by molar-refractivity contribution is -0.138. The Kier molecular flexibility index (Phi) is 7.36. The molecule has 1 rings (SSSR count). The average molecular weight is 286 g/mol. The molecule has 0 spiro atoms. The Bertz CT molecular complexity index is 312. The molecule has 6 heteroatoms. The number of hydrogen-bond acceptors (Lipinski definition) is 3. The number of urea groups is 1. The van der Waals surface area contributed by atoms with Crippen molar-refractivity contribution in [2.24, 2.45) is 5.92 Å². The van der Waals surface area contributed by atoms with Gasteiger partial charge in [0.2, 0.25) is 0 Å². The van der Waals surface area contributed by atoms with Gasteiger partial charge in [-0.1, -0.05) is 13.8 Å². The molecule has 0 aromatic rings. The first-order valence-corrected chi connectivity index (χ1v) is 7.35. The van der Waals surface area contributed by atoms with Crippen molar-refractivity contribution >= 4 is 12.0 Å². The zero-order valence-electron chi connectivity index (χ0n) is 12.4. The van der Waals surface area contributed by atoms with Crippen LogP contribution in [-0.2, 0) is 9.53 Å². The highest BCUT2D eigenvalue weighted by molar-refractivity contribution is 5.74. The number of piperidine rings is 1. The van der Waals surface area contributed by atoms with Gasteiger partial charge in [-0.3, -0.25) is 4.79 Å². The van der Waals surface area contributed by atoms with E-state index in [4.69, 9.17) is 9.84 Å². The van der Waals surface area contributed by atoms with E-state index in [9.17, 15) is 9.59 Å². The average Bonchev–Trinajstić information content (AvgIpc) is 2.38. The maximum atomic E-state index is 11.9. The molecule has 0 bridgehead atoms. The van der Waals surface area contributed by atoms with Gasteiger partial charge in [-0.25, -0.2) is 4.79 Å². The Hall–Kier alpha value is -1.30. The minimum atomic E-state index is -0.841. The summed E-state index contributed by atoms with van der Waals surface area (Å²) in [5.41, 5.74) is 0. The maximum Gasteiger partial charge on any atom is 0.317 e. The van der Waals surface area contributed by atoms with Crippen LogP contribution in [0.1, 0.15) is 39.5 Å². The van der Waals surface area contributed by atoms with Crippen LogP contribution >= 0.6 is 0 Å². The fourth-order valence-electron chi connectivity index (χ4n) is 2.12. The molecule has 116 valence electrons. The molecule has 0 aliphatic carbocycles. The molecule has 1 heterocycles. The smallest absolute Gasteiger partial charge is 0.317 e. The molecule has 0 aromatic heterocycles. The summed E-state index contributed by atoms with van der Waals surface area (Å²) in [5, 5.41) is 11.5. The minimum Gasteiger partial charge on any atom is -0.481 e. The second kappa shape index (κ2) is 8.79. The second-order valence-corrected chi connectivity index (χ2v) is 5.62. The van der Waals surface area contributed by atoms with Crippen LogP contribution in [0.2, 0.25) is 0 Å². The molecule has 0 aromatic carbocycles. The molecule has 20 heavy (non-hydrogen) atoms. The van der Waals surface area contributed by atoms with Gasteiger partial charge in [0, 0.05) is 19.6 Å². The molecule has 0 unspecified atom stereocenters. The van der Waals surface area contributed by atoms with Gasteiger partial charge in [-0.05, 0) is 25.2 Å². The third kappa shape index (κ3) is 6.75. The number of nitrogens with one attached hydrogen (secondary N) is 1. The summed E-state index contributed by atoms with van der Waals surface area (Å²) in [6.45, 7) is 6.57. The Morgan fingerprint density at radius 1 is 1.35 bits per heavy atom. The van der Waals surface area contributed by atoms with Crippen molar-refractivity contribution in [3.05, 3.63) is 0 Å². The fourth-order valence-corrected chi connectivity index (χ4v) is 2.12. The van der Waals surface area contributed by atoms with Crippen molar-refractivity contribution in [3.8, 4) is 0 Å². The van der Waals surface area contributed by atoms with Crippen LogP contribution in [0.5, 0.6) is 0 Å². The molecule has 1 fully saturated rings. The van der Waals surface area contributed by atoms with Gasteiger partial charge in [0.05, 0.1) is 19.1 Å². The summed E-state index contributed by atoms with van der Waals surface area (Å²) in [5.74, 6) is -0.254. The fraction of sp³-hybridized carbons (Fsp3) is 0.857. The largest absolute Gasteiger partial charge is 0.481 e. The molecule has 0 atom stereocenters. The summed E-state index contributed by atoms with van der Waals surface area (Å²) < 4.78 is 5.50. The number of amides is 2. The van der Waals surface area contributed by atoms with Crippen molar-refractivity contribution in [1.82, 2.24) is 10.2 Å². The molecule has 6 nitrogen and oxygen atoms in total. The molecule has 1 saturated heterocycles. The summed E-state index contributed by atoms with van der Waals surface area (Å²) in [7, 11) is 0.